The number of hydrogen-bond acceptors (Lipinski definition) is 5. The Morgan fingerprint density at radius 2 is 1.70 bits per heavy atom. The lowest BCUT2D eigenvalue weighted by Crippen LogP contribution is -2.36. The molecule has 0 spiro atoms. The maximum atomic E-state index is 12.4. The van der Waals surface area contributed by atoms with E-state index in [9.17, 15) is 14.7 Å². The first-order valence-electron chi connectivity index (χ1n) is 9.29. The molecule has 0 radical (unpaired) electrons. The van der Waals surface area contributed by atoms with Crippen LogP contribution < -0.4 is 20.9 Å². The molecule has 154 valence electrons. The number of aryl methyl sites for hydroxylation is 1. The summed E-state index contributed by atoms with van der Waals surface area (Å²) < 4.78 is 5.24. The quantitative estimate of drug-likeness (QED) is 0.371. The van der Waals surface area contributed by atoms with Gasteiger partial charge >= 0.3 is 0 Å². The number of aromatic hydroxyl groups is 1. The lowest BCUT2D eigenvalue weighted by atomic mass is 10.1. The van der Waals surface area contributed by atoms with Crippen molar-refractivity contribution in [3.8, 4) is 11.5 Å². The van der Waals surface area contributed by atoms with Crippen LogP contribution in [0.1, 0.15) is 22.8 Å². The molecular weight excluding hydrogens is 382 g/mol. The summed E-state index contributed by atoms with van der Waals surface area (Å²) in [6.45, 7) is 3.54. The van der Waals surface area contributed by atoms with E-state index in [0.29, 0.717) is 17.1 Å². The van der Waals surface area contributed by atoms with Crippen molar-refractivity contribution in [3.63, 3.8) is 0 Å². The number of phenols is 1. The largest absolute Gasteiger partial charge is 0.507 e. The summed E-state index contributed by atoms with van der Waals surface area (Å²) in [7, 11) is 1.53. The number of carbonyl (C=O) groups is 2. The molecule has 7 heteroatoms. The van der Waals surface area contributed by atoms with Gasteiger partial charge in [0.25, 0.3) is 5.91 Å². The zero-order valence-corrected chi connectivity index (χ0v) is 16.9. The second-order valence-electron chi connectivity index (χ2n) is 6.82. The molecule has 0 bridgehead atoms. The average Bonchev–Trinajstić information content (AvgIpc) is 2.71. The number of allylic oxidation sites excluding steroid dienone is 1. The van der Waals surface area contributed by atoms with E-state index >= 15 is 0 Å². The molecule has 0 aliphatic heterocycles. The van der Waals surface area contributed by atoms with Crippen molar-refractivity contribution in [3.05, 3.63) is 77.5 Å². The van der Waals surface area contributed by atoms with E-state index in [1.807, 2.05) is 37.3 Å². The first-order chi connectivity index (χ1) is 14.4. The zero-order valence-electron chi connectivity index (χ0n) is 16.9. The highest BCUT2D eigenvalue weighted by molar-refractivity contribution is 6.02. The van der Waals surface area contributed by atoms with Gasteiger partial charge in [-0.2, -0.15) is 0 Å². The van der Waals surface area contributed by atoms with E-state index in [1.165, 1.54) is 19.3 Å². The number of carbonyl (C=O) groups excluding carboxylic acids is 2. The predicted octanol–water partition coefficient (Wildman–Crippen LogP) is 3.64. The fourth-order valence-electron chi connectivity index (χ4n) is 2.95. The van der Waals surface area contributed by atoms with Crippen LogP contribution in [0.3, 0.4) is 0 Å². The van der Waals surface area contributed by atoms with E-state index in [2.05, 4.69) is 16.2 Å². The van der Waals surface area contributed by atoms with Crippen LogP contribution in [0.4, 0.5) is 5.69 Å². The number of hydrogen-bond donors (Lipinski definition) is 4. The monoisotopic (exact) mass is 405 g/mol. The van der Waals surface area contributed by atoms with Crippen molar-refractivity contribution in [1.82, 2.24) is 10.9 Å². The molecule has 0 atom stereocenters. The summed E-state index contributed by atoms with van der Waals surface area (Å²) in [4.78, 5) is 24.7. The van der Waals surface area contributed by atoms with Gasteiger partial charge in [0.2, 0.25) is 5.91 Å². The Bertz CT molecular complexity index is 1140. The molecule has 0 saturated heterocycles. The minimum absolute atomic E-state index is 0.126. The smallest absolute Gasteiger partial charge is 0.273 e. The van der Waals surface area contributed by atoms with Gasteiger partial charge in [-0.1, -0.05) is 30.3 Å². The fraction of sp³-hybridized carbons (Fsp3) is 0.130. The van der Waals surface area contributed by atoms with E-state index in [-0.39, 0.29) is 17.2 Å². The molecule has 3 aromatic carbocycles. The van der Waals surface area contributed by atoms with Gasteiger partial charge in [-0.15, -0.1) is 0 Å². The van der Waals surface area contributed by atoms with Gasteiger partial charge in [0.15, 0.2) is 0 Å². The van der Waals surface area contributed by atoms with Crippen molar-refractivity contribution in [2.24, 2.45) is 0 Å². The molecular formula is C23H23N3O4. The van der Waals surface area contributed by atoms with Gasteiger partial charge in [0, 0.05) is 11.8 Å². The van der Waals surface area contributed by atoms with Gasteiger partial charge in [-0.25, -0.2) is 0 Å². The first kappa shape index (κ1) is 20.7. The van der Waals surface area contributed by atoms with Crippen molar-refractivity contribution >= 4 is 28.3 Å². The number of ether oxygens (including phenoxy) is 1. The minimum Gasteiger partial charge on any atom is -0.507 e. The third-order valence-electron chi connectivity index (χ3n) is 4.44. The number of amides is 2. The van der Waals surface area contributed by atoms with E-state index < -0.39 is 5.91 Å². The molecule has 0 aliphatic rings. The van der Waals surface area contributed by atoms with Crippen molar-refractivity contribution in [2.75, 3.05) is 12.4 Å². The molecule has 0 fully saturated rings. The second kappa shape index (κ2) is 9.00. The Morgan fingerprint density at radius 3 is 2.40 bits per heavy atom. The number of methoxy groups -OCH3 is 1. The zero-order chi connectivity index (χ0) is 21.7. The Balaban J connectivity index is 1.65. The van der Waals surface area contributed by atoms with E-state index in [0.717, 1.165) is 16.3 Å². The SMILES string of the molecule is COc1ccc(C)cc1NC(=O)C=C(C)NNC(=O)c1cc2ccccc2cc1O. The molecule has 3 rings (SSSR count). The Hall–Kier alpha value is -4.00. The Kier molecular flexibility index (Phi) is 6.22. The number of nitrogens with one attached hydrogen (secondary N) is 3. The maximum absolute atomic E-state index is 12.4. The minimum atomic E-state index is -0.522. The highest BCUT2D eigenvalue weighted by Gasteiger charge is 2.12. The lowest BCUT2D eigenvalue weighted by Gasteiger charge is -2.12. The molecule has 0 saturated carbocycles. The lowest BCUT2D eigenvalue weighted by molar-refractivity contribution is -0.112. The topological polar surface area (TPSA) is 99.7 Å². The maximum Gasteiger partial charge on any atom is 0.273 e. The van der Waals surface area contributed by atoms with Crippen LogP contribution in [0.2, 0.25) is 0 Å². The molecule has 4 N–H and O–H groups in total. The van der Waals surface area contributed by atoms with Gasteiger partial charge in [-0.3, -0.25) is 15.0 Å². The molecule has 0 aliphatic carbocycles. The van der Waals surface area contributed by atoms with E-state index in [1.54, 1.807) is 25.1 Å². The standard InChI is InChI=1S/C23H23N3O4/c1-14-8-9-21(30-3)19(10-14)24-22(28)11-15(2)25-26-23(29)18-12-16-6-4-5-7-17(16)13-20(18)27/h4-13,25,27H,1-3H3,(H,24,28)(H,26,29). The molecule has 0 aromatic heterocycles. The number of fused-ring (bicyclic) bond motifs is 1. The number of rotatable bonds is 6. The van der Waals surface area contributed by atoms with Crippen LogP contribution in [0.25, 0.3) is 10.8 Å². The van der Waals surface area contributed by atoms with E-state index in [4.69, 9.17) is 4.74 Å². The number of hydrazine groups is 1. The van der Waals surface area contributed by atoms with Crippen molar-refractivity contribution < 1.29 is 19.4 Å². The third kappa shape index (κ3) is 4.88. The molecule has 3 aromatic rings. The summed E-state index contributed by atoms with van der Waals surface area (Å²) in [5, 5.41) is 14.6. The van der Waals surface area contributed by atoms with Gasteiger partial charge in [0.05, 0.1) is 18.4 Å². The first-order valence-corrected chi connectivity index (χ1v) is 9.29. The normalized spacial score (nSPS) is 11.1. The van der Waals surface area contributed by atoms with Gasteiger partial charge in [0.1, 0.15) is 11.5 Å². The second-order valence-corrected chi connectivity index (χ2v) is 6.82. The van der Waals surface area contributed by atoms with Gasteiger partial charge < -0.3 is 20.6 Å². The molecule has 0 heterocycles. The van der Waals surface area contributed by atoms with Crippen molar-refractivity contribution in [2.45, 2.75) is 13.8 Å². The summed E-state index contributed by atoms with van der Waals surface area (Å²) in [6.07, 6.45) is 1.31. The summed E-state index contributed by atoms with van der Waals surface area (Å²) in [5.41, 5.74) is 7.22. The average molecular weight is 405 g/mol. The summed E-state index contributed by atoms with van der Waals surface area (Å²) in [6, 6.07) is 16.0. The fourth-order valence-corrected chi connectivity index (χ4v) is 2.95. The molecule has 30 heavy (non-hydrogen) atoms. The third-order valence-corrected chi connectivity index (χ3v) is 4.44. The number of benzene rings is 3. The van der Waals surface area contributed by atoms with Crippen LogP contribution in [0.5, 0.6) is 11.5 Å². The van der Waals surface area contributed by atoms with Crippen LogP contribution >= 0.6 is 0 Å². The Labute approximate surface area is 174 Å². The molecule has 0 unspecified atom stereocenters. The molecule has 7 nitrogen and oxygen atoms in total. The van der Waals surface area contributed by atoms with Crippen LogP contribution in [0.15, 0.2) is 66.4 Å². The highest BCUT2D eigenvalue weighted by Crippen LogP contribution is 2.26. The number of anilines is 1. The molecule has 2 amide bonds. The highest BCUT2D eigenvalue weighted by atomic mass is 16.5. The summed E-state index contributed by atoms with van der Waals surface area (Å²) in [5.74, 6) is -0.481. The number of phenolic OH excluding ortho intramolecular Hbond substituents is 1. The van der Waals surface area contributed by atoms with Crippen molar-refractivity contribution in [1.29, 1.82) is 0 Å². The predicted molar refractivity (Wildman–Crippen MR) is 116 cm³/mol. The Morgan fingerprint density at radius 1 is 1.00 bits per heavy atom. The summed E-state index contributed by atoms with van der Waals surface area (Å²) >= 11 is 0. The van der Waals surface area contributed by atoms with Gasteiger partial charge in [-0.05, 0) is 54.4 Å². The van der Waals surface area contributed by atoms with Crippen LogP contribution in [-0.4, -0.2) is 24.0 Å². The van der Waals surface area contributed by atoms with Crippen LogP contribution in [-0.2, 0) is 4.79 Å². The van der Waals surface area contributed by atoms with Crippen LogP contribution in [0, 0.1) is 6.92 Å².